The second-order valence-electron chi connectivity index (χ2n) is 20.3. The number of hydrogen-bond donors (Lipinski definition) is 6. The molecule has 31 heteroatoms. The molecule has 0 saturated heterocycles. The summed E-state index contributed by atoms with van der Waals surface area (Å²) < 4.78 is 149. The highest BCUT2D eigenvalue weighted by molar-refractivity contribution is 7.86. The van der Waals surface area contributed by atoms with Gasteiger partial charge in [0, 0.05) is 23.5 Å². The average molecular weight is 1290 g/mol. The van der Waals surface area contributed by atoms with Crippen molar-refractivity contribution in [1.29, 1.82) is 0 Å². The van der Waals surface area contributed by atoms with E-state index < -0.39 is 69.5 Å². The van der Waals surface area contributed by atoms with Crippen LogP contribution in [0.2, 0.25) is 0 Å². The Balaban J connectivity index is 1.15. The van der Waals surface area contributed by atoms with Gasteiger partial charge >= 0.3 is 6.03 Å². The van der Waals surface area contributed by atoms with E-state index in [0.29, 0.717) is 113 Å². The highest BCUT2D eigenvalue weighted by Crippen LogP contribution is 2.40. The largest absolute Gasteiger partial charge is 0.492 e. The van der Waals surface area contributed by atoms with E-state index in [-0.39, 0.29) is 63.6 Å². The van der Waals surface area contributed by atoms with E-state index in [1.165, 1.54) is 0 Å². The highest BCUT2D eigenvalue weighted by atomic mass is 32.2. The third kappa shape index (κ3) is 22.8. The summed E-state index contributed by atoms with van der Waals surface area (Å²) in [7, 11) is -16.7. The van der Waals surface area contributed by atoms with Crippen LogP contribution in [-0.2, 0) is 40.5 Å². The number of benzene rings is 6. The SMILES string of the molecule is Cc1cc(OCCS(=O)(=O)O)ccc1N=Nc1cc(OCCCCS(=O)(=O)O)c(N=Nc2cc(C)c(NC(=O)Nc3cc(C)c(N=Nc4cc(C)c(N=Nc5ccc(OCCS(=O)(=O)O)cc5C)cc4OCCCCS(=O)(=O)O)cc3C)cc2C)cc1C. The molecule has 6 N–H and O–H groups in total. The molecular formula is C57H68N10O17S4. The lowest BCUT2D eigenvalue weighted by Gasteiger charge is -2.14. The molecular weight excluding hydrogens is 1220 g/mol. The lowest BCUT2D eigenvalue weighted by molar-refractivity contribution is 0.262. The Hall–Kier alpha value is -8.17. The number of urea groups is 1. The maximum Gasteiger partial charge on any atom is 0.323 e. The van der Waals surface area contributed by atoms with Crippen LogP contribution in [-0.4, -0.2) is 107 Å². The smallest absolute Gasteiger partial charge is 0.323 e. The van der Waals surface area contributed by atoms with E-state index in [1.54, 1.807) is 140 Å². The number of unbranched alkanes of at least 4 members (excludes halogenated alkanes) is 2. The molecule has 0 bridgehead atoms. The van der Waals surface area contributed by atoms with Crippen molar-refractivity contribution in [3.63, 3.8) is 0 Å². The van der Waals surface area contributed by atoms with Gasteiger partial charge in [0.25, 0.3) is 40.5 Å². The van der Waals surface area contributed by atoms with Crippen LogP contribution in [0.3, 0.4) is 0 Å². The maximum atomic E-state index is 13.6. The van der Waals surface area contributed by atoms with Gasteiger partial charge in [-0.3, -0.25) is 18.2 Å². The van der Waals surface area contributed by atoms with Crippen molar-refractivity contribution in [2.24, 2.45) is 40.9 Å². The number of carbonyl (C=O) groups is 1. The van der Waals surface area contributed by atoms with Gasteiger partial charge in [0.1, 0.15) is 59.1 Å². The van der Waals surface area contributed by atoms with Gasteiger partial charge < -0.3 is 29.6 Å². The zero-order valence-electron chi connectivity index (χ0n) is 49.4. The molecule has 0 spiro atoms. The monoisotopic (exact) mass is 1290 g/mol. The molecule has 0 unspecified atom stereocenters. The van der Waals surface area contributed by atoms with Crippen LogP contribution in [0.1, 0.15) is 70.2 Å². The van der Waals surface area contributed by atoms with Crippen molar-refractivity contribution < 1.29 is 75.6 Å². The van der Waals surface area contributed by atoms with Crippen LogP contribution in [0.25, 0.3) is 0 Å². The van der Waals surface area contributed by atoms with Crippen LogP contribution < -0.4 is 29.6 Å². The predicted molar refractivity (Wildman–Crippen MR) is 332 cm³/mol. The molecule has 0 aliphatic rings. The lowest BCUT2D eigenvalue weighted by atomic mass is 10.1. The maximum absolute atomic E-state index is 13.6. The number of nitrogens with one attached hydrogen (secondary N) is 2. The molecule has 6 aromatic carbocycles. The van der Waals surface area contributed by atoms with Crippen LogP contribution in [0.15, 0.2) is 126 Å². The Morgan fingerprint density at radius 2 is 0.636 bits per heavy atom. The molecule has 0 fully saturated rings. The number of hydrogen-bond acceptors (Lipinski definition) is 21. The second kappa shape index (κ2) is 30.6. The minimum absolute atomic E-state index is 0.0648. The zero-order valence-corrected chi connectivity index (χ0v) is 52.6. The van der Waals surface area contributed by atoms with E-state index in [2.05, 4.69) is 51.5 Å². The fourth-order valence-electron chi connectivity index (χ4n) is 8.05. The van der Waals surface area contributed by atoms with Gasteiger partial charge in [-0.05, 0) is 198 Å². The van der Waals surface area contributed by atoms with Crippen molar-refractivity contribution in [3.8, 4) is 23.0 Å². The fraction of sp³-hybridized carbons (Fsp3) is 0.351. The van der Waals surface area contributed by atoms with Crippen LogP contribution in [0, 0.1) is 55.4 Å². The third-order valence-electron chi connectivity index (χ3n) is 12.9. The average Bonchev–Trinajstić information content (AvgIpc) is 2.49. The van der Waals surface area contributed by atoms with Gasteiger partial charge in [-0.1, -0.05) is 0 Å². The predicted octanol–water partition coefficient (Wildman–Crippen LogP) is 14.1. The van der Waals surface area contributed by atoms with Crippen LogP contribution in [0.4, 0.5) is 61.7 Å². The molecule has 88 heavy (non-hydrogen) atoms. The molecule has 0 radical (unpaired) electrons. The van der Waals surface area contributed by atoms with Gasteiger partial charge in [-0.25, -0.2) is 4.79 Å². The van der Waals surface area contributed by atoms with Crippen LogP contribution in [0.5, 0.6) is 23.0 Å². The summed E-state index contributed by atoms with van der Waals surface area (Å²) in [6.07, 6.45) is 0.832. The van der Waals surface area contributed by atoms with Crippen LogP contribution >= 0.6 is 0 Å². The first-order chi connectivity index (χ1) is 41.3. The number of azo groups is 4. The molecule has 0 heterocycles. The summed E-state index contributed by atoms with van der Waals surface area (Å²) >= 11 is 0. The Bertz CT molecular complexity index is 3880. The van der Waals surface area contributed by atoms with Gasteiger partial charge in [-0.15, -0.1) is 10.2 Å². The summed E-state index contributed by atoms with van der Waals surface area (Å²) in [6.45, 7) is 13.9. The molecule has 0 aromatic heterocycles. The summed E-state index contributed by atoms with van der Waals surface area (Å²) in [5, 5.41) is 41.6. The quantitative estimate of drug-likeness (QED) is 0.0139. The molecule has 0 aliphatic heterocycles. The highest BCUT2D eigenvalue weighted by Gasteiger charge is 2.17. The van der Waals surface area contributed by atoms with E-state index in [0.717, 1.165) is 0 Å². The molecule has 2 amide bonds. The number of nitrogens with zero attached hydrogens (tertiary/aromatic N) is 8. The zero-order chi connectivity index (χ0) is 64.6. The summed E-state index contributed by atoms with van der Waals surface area (Å²) in [6, 6.07) is 22.8. The first-order valence-electron chi connectivity index (χ1n) is 27.1. The van der Waals surface area contributed by atoms with Gasteiger partial charge in [0.05, 0.1) is 58.8 Å². The number of aryl methyl sites for hydroxylation is 8. The first kappa shape index (κ1) is 68.9. The summed E-state index contributed by atoms with van der Waals surface area (Å²) in [5.74, 6) is -0.753. The molecule has 472 valence electrons. The standard InChI is InChI=1S/C57H68N10O17S4/c1-35-25-43(81-19-23-87(75,76)77)13-15-45(35)60-64-51-33-55(83-17-9-11-21-85(69,70)71)53(31-41(51)7)66-62-49-29-37(3)47(27-39(49)5)58-57(68)59-48-28-40(6)50(30-38(48)4)63-67-54-32-42(8)52(34-56(54)84-18-10-12-22-86(72,73)74)65-61-46-16-14-44(26-36(46)2)82-20-24-88(78,79)80/h13-16,25-34H,9-12,17-24H2,1-8H3,(H2,58,59,68)(H,69,70,71)(H,72,73,74)(H,75,76,77)(H,78,79,80). The van der Waals surface area contributed by atoms with Gasteiger partial charge in [0.2, 0.25) is 0 Å². The molecule has 0 atom stereocenters. The Kier molecular flexibility index (Phi) is 24.0. The number of ether oxygens (including phenoxy) is 4. The Labute approximate surface area is 510 Å². The van der Waals surface area contributed by atoms with Gasteiger partial charge in [-0.2, -0.15) is 64.4 Å². The van der Waals surface area contributed by atoms with E-state index in [4.69, 9.17) is 28.1 Å². The molecule has 0 saturated carbocycles. The number of carbonyl (C=O) groups excluding carboxylic acids is 1. The van der Waals surface area contributed by atoms with E-state index in [9.17, 15) is 47.6 Å². The molecule has 0 aliphatic carbocycles. The number of rotatable bonds is 30. The normalized spacial score (nSPS) is 12.4. The van der Waals surface area contributed by atoms with Crippen molar-refractivity contribution in [1.82, 2.24) is 0 Å². The van der Waals surface area contributed by atoms with Crippen molar-refractivity contribution >= 4 is 103 Å². The van der Waals surface area contributed by atoms with Crippen molar-refractivity contribution in [2.45, 2.75) is 81.1 Å². The minimum Gasteiger partial charge on any atom is -0.492 e. The van der Waals surface area contributed by atoms with E-state index in [1.807, 2.05) is 0 Å². The van der Waals surface area contributed by atoms with Crippen molar-refractivity contribution in [3.05, 3.63) is 129 Å². The van der Waals surface area contributed by atoms with Crippen molar-refractivity contribution in [2.75, 3.05) is 60.1 Å². The molecule has 27 nitrogen and oxygen atoms in total. The fourth-order valence-corrected chi connectivity index (χ4v) is 9.77. The number of anilines is 2. The number of amides is 2. The summed E-state index contributed by atoms with van der Waals surface area (Å²) in [4.78, 5) is 13.6. The Morgan fingerprint density at radius 3 is 0.977 bits per heavy atom. The third-order valence-corrected chi connectivity index (χ3v) is 15.8. The van der Waals surface area contributed by atoms with Gasteiger partial charge in [0.15, 0.2) is 0 Å². The topological polar surface area (TPSA) is 394 Å². The summed E-state index contributed by atoms with van der Waals surface area (Å²) in [5.41, 5.74) is 9.69. The van der Waals surface area contributed by atoms with E-state index >= 15 is 0 Å². The minimum atomic E-state index is -4.19. The molecule has 6 rings (SSSR count). The lowest BCUT2D eigenvalue weighted by Crippen LogP contribution is -2.20. The Morgan fingerprint density at radius 1 is 0.341 bits per heavy atom. The molecule has 6 aromatic rings. The first-order valence-corrected chi connectivity index (χ1v) is 33.5. The second-order valence-corrected chi connectivity index (χ2v) is 26.6.